The van der Waals surface area contributed by atoms with Crippen molar-refractivity contribution < 1.29 is 13.6 Å². The van der Waals surface area contributed by atoms with Crippen molar-refractivity contribution in [2.24, 2.45) is 0 Å². The summed E-state index contributed by atoms with van der Waals surface area (Å²) < 4.78 is 25.4. The molecule has 74 valence electrons. The van der Waals surface area contributed by atoms with Crippen LogP contribution in [-0.4, -0.2) is 23.0 Å². The van der Waals surface area contributed by atoms with E-state index in [1.807, 2.05) is 0 Å². The summed E-state index contributed by atoms with van der Waals surface area (Å²) in [6.45, 7) is 5.17. The molecule has 0 aromatic heterocycles. The van der Waals surface area contributed by atoms with E-state index in [0.717, 1.165) is 0 Å². The van der Waals surface area contributed by atoms with Gasteiger partial charge in [-0.05, 0) is 20.8 Å². The Balaban J connectivity index is 2.86. The van der Waals surface area contributed by atoms with E-state index in [-0.39, 0.29) is 6.54 Å². The van der Waals surface area contributed by atoms with Crippen LogP contribution in [0.4, 0.5) is 8.78 Å². The molecule has 1 amide bonds. The van der Waals surface area contributed by atoms with Gasteiger partial charge in [-0.2, -0.15) is 4.39 Å². The predicted octanol–water partition coefficient (Wildman–Crippen LogP) is 1.28. The number of hydrogen-bond acceptors (Lipinski definition) is 2. The van der Waals surface area contributed by atoms with Crippen molar-refractivity contribution in [2.45, 2.75) is 26.3 Å². The van der Waals surface area contributed by atoms with Crippen molar-refractivity contribution in [3.63, 3.8) is 0 Å². The lowest BCUT2D eigenvalue weighted by Gasteiger charge is -2.36. The normalized spacial score (nSPS) is 20.5. The fraction of sp³-hybridized carbons (Fsp3) is 0.625. The number of halogens is 2. The van der Waals surface area contributed by atoms with Gasteiger partial charge in [0.05, 0.1) is 6.54 Å². The number of nitrogens with one attached hydrogen (secondary N) is 1. The molecule has 0 atom stereocenters. The Morgan fingerprint density at radius 3 is 2.31 bits per heavy atom. The van der Waals surface area contributed by atoms with E-state index < -0.39 is 23.1 Å². The summed E-state index contributed by atoms with van der Waals surface area (Å²) in [7, 11) is 0. The molecule has 0 aromatic carbocycles. The number of amides is 1. The smallest absolute Gasteiger partial charge is 0.282 e. The number of nitrogens with zero attached hydrogens (tertiary/aromatic N) is 1. The Kier molecular flexibility index (Phi) is 2.38. The van der Waals surface area contributed by atoms with Crippen molar-refractivity contribution in [2.75, 3.05) is 6.54 Å². The zero-order chi connectivity index (χ0) is 10.2. The lowest BCUT2D eigenvalue weighted by Crippen LogP contribution is -2.55. The van der Waals surface area contributed by atoms with E-state index in [4.69, 9.17) is 0 Å². The molecule has 0 aromatic rings. The van der Waals surface area contributed by atoms with Crippen molar-refractivity contribution in [1.82, 2.24) is 10.4 Å². The first-order chi connectivity index (χ1) is 5.82. The van der Waals surface area contributed by atoms with Crippen molar-refractivity contribution in [3.05, 3.63) is 11.7 Å². The third-order valence-corrected chi connectivity index (χ3v) is 1.78. The summed E-state index contributed by atoms with van der Waals surface area (Å²) in [5, 5.41) is 1.35. The molecule has 13 heavy (non-hydrogen) atoms. The highest BCUT2D eigenvalue weighted by Gasteiger charge is 2.32. The van der Waals surface area contributed by atoms with Crippen LogP contribution in [0.15, 0.2) is 11.7 Å². The zero-order valence-corrected chi connectivity index (χ0v) is 7.82. The molecule has 1 aliphatic rings. The van der Waals surface area contributed by atoms with Gasteiger partial charge in [-0.1, -0.05) is 0 Å². The second-order valence-electron chi connectivity index (χ2n) is 3.92. The van der Waals surface area contributed by atoms with Crippen molar-refractivity contribution >= 4 is 5.91 Å². The fourth-order valence-corrected chi connectivity index (χ4v) is 0.947. The fourth-order valence-electron chi connectivity index (χ4n) is 0.947. The van der Waals surface area contributed by atoms with Gasteiger partial charge in [0, 0.05) is 5.54 Å². The Bertz CT molecular complexity index is 268. The molecule has 3 nitrogen and oxygen atoms in total. The predicted molar refractivity (Wildman–Crippen MR) is 43.8 cm³/mol. The second-order valence-corrected chi connectivity index (χ2v) is 3.92. The first-order valence-electron chi connectivity index (χ1n) is 3.95. The Labute approximate surface area is 75.4 Å². The standard InChI is InChI=1S/C8H12F2N2O/c1-8(2,3)12-4-5(9)6(10)7(13)11-12/h4H2,1-3H3,(H,11,13). The first kappa shape index (κ1) is 10.1. The Morgan fingerprint density at radius 1 is 1.38 bits per heavy atom. The molecule has 0 unspecified atom stereocenters. The lowest BCUT2D eigenvalue weighted by atomic mass is 10.1. The van der Waals surface area contributed by atoms with Crippen LogP contribution in [0.3, 0.4) is 0 Å². The average molecular weight is 190 g/mol. The van der Waals surface area contributed by atoms with Gasteiger partial charge in [0.25, 0.3) is 5.91 Å². The minimum Gasteiger partial charge on any atom is -0.282 e. The van der Waals surface area contributed by atoms with Gasteiger partial charge in [-0.25, -0.2) is 9.40 Å². The van der Waals surface area contributed by atoms with E-state index in [0.29, 0.717) is 0 Å². The SMILES string of the molecule is CC(C)(C)N1CC(F)=C(F)C(=O)N1. The van der Waals surface area contributed by atoms with E-state index >= 15 is 0 Å². The molecule has 1 N–H and O–H groups in total. The molecule has 0 saturated heterocycles. The summed E-state index contributed by atoms with van der Waals surface area (Å²) in [4.78, 5) is 10.8. The lowest BCUT2D eigenvalue weighted by molar-refractivity contribution is -0.128. The van der Waals surface area contributed by atoms with Gasteiger partial charge in [0.2, 0.25) is 5.83 Å². The maximum Gasteiger partial charge on any atom is 0.297 e. The molecule has 0 spiro atoms. The highest BCUT2D eigenvalue weighted by Crippen LogP contribution is 2.20. The molecule has 5 heteroatoms. The van der Waals surface area contributed by atoms with E-state index in [1.54, 1.807) is 20.8 Å². The minimum atomic E-state index is -1.32. The Hall–Kier alpha value is -0.970. The van der Waals surface area contributed by atoms with Crippen LogP contribution in [0.25, 0.3) is 0 Å². The van der Waals surface area contributed by atoms with Crippen LogP contribution in [0.5, 0.6) is 0 Å². The topological polar surface area (TPSA) is 32.3 Å². The van der Waals surface area contributed by atoms with E-state index in [9.17, 15) is 13.6 Å². The maximum absolute atomic E-state index is 12.8. The van der Waals surface area contributed by atoms with Crippen LogP contribution in [0.1, 0.15) is 20.8 Å². The molecular formula is C8H12F2N2O. The largest absolute Gasteiger partial charge is 0.297 e. The number of carbonyl (C=O) groups excluding carboxylic acids is 1. The maximum atomic E-state index is 12.8. The number of hydrazine groups is 1. The van der Waals surface area contributed by atoms with Crippen LogP contribution in [0, 0.1) is 0 Å². The number of carbonyl (C=O) groups is 1. The monoisotopic (exact) mass is 190 g/mol. The molecule has 1 heterocycles. The minimum absolute atomic E-state index is 0.221. The molecule has 0 bridgehead atoms. The molecule has 1 aliphatic heterocycles. The first-order valence-corrected chi connectivity index (χ1v) is 3.95. The Morgan fingerprint density at radius 2 is 1.92 bits per heavy atom. The van der Waals surface area contributed by atoms with E-state index in [1.165, 1.54) is 5.01 Å². The molecule has 0 saturated carbocycles. The van der Waals surface area contributed by atoms with Gasteiger partial charge in [-0.3, -0.25) is 10.2 Å². The number of rotatable bonds is 0. The quantitative estimate of drug-likeness (QED) is 0.624. The highest BCUT2D eigenvalue weighted by atomic mass is 19.2. The molecule has 0 fully saturated rings. The van der Waals surface area contributed by atoms with Crippen LogP contribution >= 0.6 is 0 Å². The van der Waals surface area contributed by atoms with Gasteiger partial charge >= 0.3 is 0 Å². The highest BCUT2D eigenvalue weighted by molar-refractivity contribution is 5.92. The molecule has 0 radical (unpaired) electrons. The second kappa shape index (κ2) is 3.06. The van der Waals surface area contributed by atoms with Crippen molar-refractivity contribution in [1.29, 1.82) is 0 Å². The van der Waals surface area contributed by atoms with Crippen LogP contribution in [0.2, 0.25) is 0 Å². The van der Waals surface area contributed by atoms with Gasteiger partial charge in [0.15, 0.2) is 5.83 Å². The van der Waals surface area contributed by atoms with Crippen LogP contribution in [-0.2, 0) is 4.79 Å². The zero-order valence-electron chi connectivity index (χ0n) is 7.82. The van der Waals surface area contributed by atoms with Gasteiger partial charge in [-0.15, -0.1) is 0 Å². The number of hydrogen-bond donors (Lipinski definition) is 1. The summed E-state index contributed by atoms with van der Waals surface area (Å²) >= 11 is 0. The third-order valence-electron chi connectivity index (χ3n) is 1.78. The summed E-state index contributed by atoms with van der Waals surface area (Å²) in [6, 6.07) is 0. The summed E-state index contributed by atoms with van der Waals surface area (Å²) in [6.07, 6.45) is 0. The molecular weight excluding hydrogens is 178 g/mol. The third kappa shape index (κ3) is 2.03. The molecule has 0 aliphatic carbocycles. The van der Waals surface area contributed by atoms with Gasteiger partial charge < -0.3 is 0 Å². The summed E-state index contributed by atoms with van der Waals surface area (Å²) in [5.41, 5.74) is 1.84. The van der Waals surface area contributed by atoms with Crippen molar-refractivity contribution in [3.8, 4) is 0 Å². The summed E-state index contributed by atoms with van der Waals surface area (Å²) in [5.74, 6) is -3.35. The van der Waals surface area contributed by atoms with Crippen LogP contribution < -0.4 is 5.43 Å². The van der Waals surface area contributed by atoms with E-state index in [2.05, 4.69) is 5.43 Å². The average Bonchev–Trinajstić information content (AvgIpc) is 1.97. The molecule has 1 rings (SSSR count). The van der Waals surface area contributed by atoms with Gasteiger partial charge in [0.1, 0.15) is 0 Å².